The minimum atomic E-state index is 0.0473. The molecular formula is C17H14BrNO2. The molecule has 0 amide bonds. The van der Waals surface area contributed by atoms with Crippen LogP contribution in [0.4, 0.5) is 0 Å². The Kier molecular flexibility index (Phi) is 3.80. The molecule has 0 aliphatic heterocycles. The number of fused-ring (bicyclic) bond motifs is 1. The van der Waals surface area contributed by atoms with Crippen LogP contribution in [0.5, 0.6) is 5.75 Å². The van der Waals surface area contributed by atoms with Gasteiger partial charge in [0.15, 0.2) is 5.78 Å². The van der Waals surface area contributed by atoms with Crippen molar-refractivity contribution in [2.75, 3.05) is 0 Å². The number of halogens is 1. The zero-order valence-electron chi connectivity index (χ0n) is 11.5. The Morgan fingerprint density at radius 2 is 2.00 bits per heavy atom. The van der Waals surface area contributed by atoms with E-state index in [-0.39, 0.29) is 5.78 Å². The first kappa shape index (κ1) is 13.9. The SMILES string of the molecule is CC(=O)c1c[nH]c2cc(OCc3ccccc3)c(Br)cc12. The molecule has 3 rings (SSSR count). The molecule has 21 heavy (non-hydrogen) atoms. The number of benzene rings is 2. The Balaban J connectivity index is 1.89. The average Bonchev–Trinajstić information content (AvgIpc) is 2.88. The van der Waals surface area contributed by atoms with Gasteiger partial charge < -0.3 is 9.72 Å². The van der Waals surface area contributed by atoms with Crippen molar-refractivity contribution in [1.29, 1.82) is 0 Å². The lowest BCUT2D eigenvalue weighted by Gasteiger charge is -2.09. The number of carbonyl (C=O) groups excluding carboxylic acids is 1. The summed E-state index contributed by atoms with van der Waals surface area (Å²) in [7, 11) is 0. The molecule has 0 bridgehead atoms. The maximum absolute atomic E-state index is 11.6. The van der Waals surface area contributed by atoms with Gasteiger partial charge >= 0.3 is 0 Å². The lowest BCUT2D eigenvalue weighted by atomic mass is 10.1. The lowest BCUT2D eigenvalue weighted by Crippen LogP contribution is -1.96. The van der Waals surface area contributed by atoms with Crippen molar-refractivity contribution >= 4 is 32.6 Å². The Morgan fingerprint density at radius 3 is 2.71 bits per heavy atom. The number of carbonyl (C=O) groups is 1. The van der Waals surface area contributed by atoms with E-state index < -0.39 is 0 Å². The van der Waals surface area contributed by atoms with Crippen LogP contribution in [0.15, 0.2) is 53.1 Å². The van der Waals surface area contributed by atoms with E-state index in [1.54, 1.807) is 13.1 Å². The van der Waals surface area contributed by atoms with Crippen LogP contribution in [0.25, 0.3) is 10.9 Å². The molecule has 2 aromatic carbocycles. The molecule has 4 heteroatoms. The predicted molar refractivity (Wildman–Crippen MR) is 86.8 cm³/mol. The molecule has 0 radical (unpaired) electrons. The second-order valence-electron chi connectivity index (χ2n) is 4.86. The molecule has 0 aliphatic carbocycles. The molecule has 1 N–H and O–H groups in total. The summed E-state index contributed by atoms with van der Waals surface area (Å²) in [5.41, 5.74) is 2.70. The minimum Gasteiger partial charge on any atom is -0.488 e. The standard InChI is InChI=1S/C17H14BrNO2/c1-11(20)14-9-19-16-8-17(15(18)7-13(14)16)21-10-12-5-3-2-4-6-12/h2-9,19H,10H2,1H3. The highest BCUT2D eigenvalue weighted by molar-refractivity contribution is 9.10. The first-order valence-electron chi connectivity index (χ1n) is 6.63. The van der Waals surface area contributed by atoms with Crippen molar-refractivity contribution in [3.8, 4) is 5.75 Å². The maximum atomic E-state index is 11.6. The van der Waals surface area contributed by atoms with Gasteiger partial charge in [0, 0.05) is 28.7 Å². The van der Waals surface area contributed by atoms with Gasteiger partial charge in [-0.2, -0.15) is 0 Å². The van der Waals surface area contributed by atoms with Gasteiger partial charge in [-0.3, -0.25) is 4.79 Å². The van der Waals surface area contributed by atoms with Crippen LogP contribution in [-0.2, 0) is 6.61 Å². The molecule has 1 aromatic heterocycles. The van der Waals surface area contributed by atoms with E-state index in [9.17, 15) is 4.79 Å². The van der Waals surface area contributed by atoms with Gasteiger partial charge in [0.2, 0.25) is 0 Å². The summed E-state index contributed by atoms with van der Waals surface area (Å²) < 4.78 is 6.69. The number of aromatic nitrogens is 1. The normalized spacial score (nSPS) is 10.8. The molecule has 0 aliphatic rings. The molecule has 3 aromatic rings. The first-order chi connectivity index (χ1) is 10.1. The zero-order valence-corrected chi connectivity index (χ0v) is 13.1. The number of H-pyrrole nitrogens is 1. The van der Waals surface area contributed by atoms with Crippen molar-refractivity contribution < 1.29 is 9.53 Å². The van der Waals surface area contributed by atoms with Crippen LogP contribution < -0.4 is 4.74 Å². The van der Waals surface area contributed by atoms with Crippen LogP contribution in [0.2, 0.25) is 0 Å². The monoisotopic (exact) mass is 343 g/mol. The number of hydrogen-bond acceptors (Lipinski definition) is 2. The maximum Gasteiger partial charge on any atom is 0.161 e. The third-order valence-corrected chi connectivity index (χ3v) is 3.97. The summed E-state index contributed by atoms with van der Waals surface area (Å²) in [6, 6.07) is 13.8. The summed E-state index contributed by atoms with van der Waals surface area (Å²) in [5.74, 6) is 0.800. The number of ketones is 1. The van der Waals surface area contributed by atoms with Crippen LogP contribution in [0.1, 0.15) is 22.8 Å². The van der Waals surface area contributed by atoms with E-state index in [1.165, 1.54) is 0 Å². The Hall–Kier alpha value is -2.07. The quantitative estimate of drug-likeness (QED) is 0.697. The van der Waals surface area contributed by atoms with Crippen LogP contribution in [0.3, 0.4) is 0 Å². The molecule has 0 spiro atoms. The second-order valence-corrected chi connectivity index (χ2v) is 5.72. The zero-order chi connectivity index (χ0) is 14.8. The van der Waals surface area contributed by atoms with Crippen molar-refractivity contribution in [2.45, 2.75) is 13.5 Å². The minimum absolute atomic E-state index is 0.0473. The van der Waals surface area contributed by atoms with Gasteiger partial charge in [0.05, 0.1) is 4.47 Å². The predicted octanol–water partition coefficient (Wildman–Crippen LogP) is 4.71. The van der Waals surface area contributed by atoms with E-state index in [0.29, 0.717) is 12.2 Å². The highest BCUT2D eigenvalue weighted by Gasteiger charge is 2.11. The molecule has 0 saturated heterocycles. The summed E-state index contributed by atoms with van der Waals surface area (Å²) in [5, 5.41) is 0.904. The lowest BCUT2D eigenvalue weighted by molar-refractivity contribution is 0.101. The van der Waals surface area contributed by atoms with E-state index in [1.807, 2.05) is 42.5 Å². The van der Waals surface area contributed by atoms with Crippen LogP contribution in [0, 0.1) is 0 Å². The van der Waals surface area contributed by atoms with Crippen molar-refractivity contribution in [3.63, 3.8) is 0 Å². The Morgan fingerprint density at radius 1 is 1.24 bits per heavy atom. The highest BCUT2D eigenvalue weighted by Crippen LogP contribution is 2.32. The van der Waals surface area contributed by atoms with E-state index in [4.69, 9.17) is 4.74 Å². The van der Waals surface area contributed by atoms with Gasteiger partial charge in [-0.05, 0) is 34.5 Å². The molecule has 0 saturated carbocycles. The fourth-order valence-electron chi connectivity index (χ4n) is 2.26. The second kappa shape index (κ2) is 5.74. The van der Waals surface area contributed by atoms with Crippen molar-refractivity contribution in [1.82, 2.24) is 4.98 Å². The van der Waals surface area contributed by atoms with E-state index >= 15 is 0 Å². The fraction of sp³-hybridized carbons (Fsp3) is 0.118. The van der Waals surface area contributed by atoms with Crippen LogP contribution >= 0.6 is 15.9 Å². The summed E-state index contributed by atoms with van der Waals surface area (Å²) in [4.78, 5) is 14.7. The van der Waals surface area contributed by atoms with Crippen LogP contribution in [-0.4, -0.2) is 10.8 Å². The third kappa shape index (κ3) is 2.85. The summed E-state index contributed by atoms with van der Waals surface area (Å²) in [6.07, 6.45) is 1.74. The van der Waals surface area contributed by atoms with Crippen molar-refractivity contribution in [3.05, 3.63) is 64.3 Å². The Labute approximate surface area is 131 Å². The molecule has 106 valence electrons. The van der Waals surface area contributed by atoms with Gasteiger partial charge in [0.1, 0.15) is 12.4 Å². The molecule has 0 atom stereocenters. The number of rotatable bonds is 4. The smallest absolute Gasteiger partial charge is 0.161 e. The molecule has 3 nitrogen and oxygen atoms in total. The van der Waals surface area contributed by atoms with E-state index in [0.717, 1.165) is 26.7 Å². The fourth-order valence-corrected chi connectivity index (χ4v) is 2.72. The third-order valence-electron chi connectivity index (χ3n) is 3.35. The van der Waals surface area contributed by atoms with Crippen molar-refractivity contribution in [2.24, 2.45) is 0 Å². The topological polar surface area (TPSA) is 42.1 Å². The van der Waals surface area contributed by atoms with Gasteiger partial charge in [-0.1, -0.05) is 30.3 Å². The molecule has 1 heterocycles. The van der Waals surface area contributed by atoms with E-state index in [2.05, 4.69) is 20.9 Å². The van der Waals surface area contributed by atoms with Gasteiger partial charge in [-0.25, -0.2) is 0 Å². The number of aromatic amines is 1. The summed E-state index contributed by atoms with van der Waals surface area (Å²) in [6.45, 7) is 2.07. The number of Topliss-reactive ketones (excluding diaryl/α,β-unsaturated/α-hetero) is 1. The molecular weight excluding hydrogens is 330 g/mol. The molecule has 0 unspecified atom stereocenters. The first-order valence-corrected chi connectivity index (χ1v) is 7.43. The highest BCUT2D eigenvalue weighted by atomic mass is 79.9. The molecule has 0 fully saturated rings. The van der Waals surface area contributed by atoms with Gasteiger partial charge in [-0.15, -0.1) is 0 Å². The van der Waals surface area contributed by atoms with Gasteiger partial charge in [0.25, 0.3) is 0 Å². The largest absolute Gasteiger partial charge is 0.488 e. The number of hydrogen-bond donors (Lipinski definition) is 1. The number of ether oxygens (including phenoxy) is 1. The average molecular weight is 344 g/mol. The Bertz CT molecular complexity index is 793. The number of nitrogens with one attached hydrogen (secondary N) is 1. The summed E-state index contributed by atoms with van der Waals surface area (Å²) >= 11 is 3.51.